The molecule has 14 heavy (non-hydrogen) atoms. The van der Waals surface area contributed by atoms with Gasteiger partial charge in [0.1, 0.15) is 0 Å². The molecule has 1 amide bonds. The molecule has 0 bridgehead atoms. The molecule has 0 fully saturated rings. The van der Waals surface area contributed by atoms with E-state index in [2.05, 4.69) is 20.0 Å². The van der Waals surface area contributed by atoms with E-state index in [-0.39, 0.29) is 5.91 Å². The van der Waals surface area contributed by atoms with Crippen molar-refractivity contribution in [3.63, 3.8) is 0 Å². The number of hydrogen-bond acceptors (Lipinski definition) is 5. The second-order valence-electron chi connectivity index (χ2n) is 2.87. The second kappa shape index (κ2) is 6.09. The number of carbonyl (C=O) groups is 1. The molecule has 6 nitrogen and oxygen atoms in total. The molecule has 0 saturated carbocycles. The Morgan fingerprint density at radius 1 is 1.57 bits per heavy atom. The van der Waals surface area contributed by atoms with Crippen LogP contribution in [0.4, 0.5) is 0 Å². The van der Waals surface area contributed by atoms with Crippen molar-refractivity contribution in [2.24, 2.45) is 5.73 Å². The zero-order chi connectivity index (χ0) is 10.2. The van der Waals surface area contributed by atoms with Crippen molar-refractivity contribution in [3.05, 3.63) is 12.2 Å². The van der Waals surface area contributed by atoms with Gasteiger partial charge in [0.15, 0.2) is 5.82 Å². The van der Waals surface area contributed by atoms with Crippen LogP contribution in [0, 0.1) is 0 Å². The Morgan fingerprint density at radius 3 is 3.07 bits per heavy atom. The van der Waals surface area contributed by atoms with Gasteiger partial charge in [0.05, 0.1) is 6.54 Å². The van der Waals surface area contributed by atoms with Crippen molar-refractivity contribution in [1.82, 2.24) is 15.5 Å². The number of carbonyl (C=O) groups excluding carboxylic acids is 1. The smallest absolute Gasteiger partial charge is 0.220 e. The first-order valence-corrected chi connectivity index (χ1v) is 4.55. The van der Waals surface area contributed by atoms with Gasteiger partial charge in [-0.1, -0.05) is 5.16 Å². The van der Waals surface area contributed by atoms with Crippen LogP contribution in [0.15, 0.2) is 10.9 Å². The normalized spacial score (nSPS) is 10.1. The van der Waals surface area contributed by atoms with Crippen molar-refractivity contribution in [2.45, 2.75) is 25.8 Å². The fraction of sp³-hybridized carbons (Fsp3) is 0.625. The van der Waals surface area contributed by atoms with Gasteiger partial charge < -0.3 is 15.6 Å². The molecule has 0 saturated heterocycles. The fourth-order valence-electron chi connectivity index (χ4n) is 0.966. The monoisotopic (exact) mass is 198 g/mol. The van der Waals surface area contributed by atoms with E-state index in [0.29, 0.717) is 25.3 Å². The lowest BCUT2D eigenvalue weighted by atomic mass is 10.2. The van der Waals surface area contributed by atoms with Gasteiger partial charge in [-0.05, 0) is 19.4 Å². The van der Waals surface area contributed by atoms with E-state index >= 15 is 0 Å². The van der Waals surface area contributed by atoms with Crippen LogP contribution in [0.1, 0.15) is 25.1 Å². The predicted octanol–water partition coefficient (Wildman–Crippen LogP) is -0.185. The molecule has 0 aromatic carbocycles. The first kappa shape index (κ1) is 10.6. The molecule has 1 heterocycles. The van der Waals surface area contributed by atoms with Gasteiger partial charge >= 0.3 is 0 Å². The number of rotatable bonds is 6. The van der Waals surface area contributed by atoms with Gasteiger partial charge in [-0.15, -0.1) is 0 Å². The van der Waals surface area contributed by atoms with Crippen LogP contribution >= 0.6 is 0 Å². The van der Waals surface area contributed by atoms with Gasteiger partial charge in [0, 0.05) is 6.42 Å². The molecule has 0 aliphatic rings. The molecule has 0 atom stereocenters. The molecule has 1 aromatic heterocycles. The van der Waals surface area contributed by atoms with Crippen molar-refractivity contribution in [1.29, 1.82) is 0 Å². The minimum Gasteiger partial charge on any atom is -0.349 e. The van der Waals surface area contributed by atoms with Crippen molar-refractivity contribution >= 4 is 5.91 Å². The Kier molecular flexibility index (Phi) is 4.63. The van der Waals surface area contributed by atoms with E-state index in [9.17, 15) is 4.79 Å². The summed E-state index contributed by atoms with van der Waals surface area (Å²) in [5.41, 5.74) is 5.30. The number of nitrogens with two attached hydrogens (primary N) is 1. The minimum absolute atomic E-state index is 0.0109. The Balaban J connectivity index is 2.09. The summed E-state index contributed by atoms with van der Waals surface area (Å²) in [5, 5.41) is 6.24. The molecule has 6 heteroatoms. The van der Waals surface area contributed by atoms with E-state index in [1.807, 2.05) is 0 Å². The molecule has 0 unspecified atom stereocenters. The lowest BCUT2D eigenvalue weighted by Gasteiger charge is -2.00. The van der Waals surface area contributed by atoms with Crippen molar-refractivity contribution in [3.8, 4) is 0 Å². The summed E-state index contributed by atoms with van der Waals surface area (Å²) in [5.74, 6) is 0.473. The van der Waals surface area contributed by atoms with Crippen molar-refractivity contribution in [2.75, 3.05) is 6.54 Å². The third kappa shape index (κ3) is 3.99. The topological polar surface area (TPSA) is 94.0 Å². The summed E-state index contributed by atoms with van der Waals surface area (Å²) < 4.78 is 4.52. The van der Waals surface area contributed by atoms with Crippen molar-refractivity contribution < 1.29 is 9.32 Å². The number of aromatic nitrogens is 2. The van der Waals surface area contributed by atoms with E-state index in [0.717, 1.165) is 12.8 Å². The maximum absolute atomic E-state index is 11.2. The van der Waals surface area contributed by atoms with E-state index in [1.165, 1.54) is 6.39 Å². The largest absolute Gasteiger partial charge is 0.349 e. The maximum Gasteiger partial charge on any atom is 0.220 e. The lowest BCUT2D eigenvalue weighted by molar-refractivity contribution is -0.121. The van der Waals surface area contributed by atoms with Gasteiger partial charge in [-0.2, -0.15) is 4.98 Å². The highest BCUT2D eigenvalue weighted by Crippen LogP contribution is 1.94. The van der Waals surface area contributed by atoms with E-state index in [1.54, 1.807) is 0 Å². The Labute approximate surface area is 81.9 Å². The standard InChI is InChI=1S/C8H14N4O2/c9-4-2-1-3-8(13)10-5-7-11-6-14-12-7/h6H,1-5,9H2,(H,10,13). The van der Waals surface area contributed by atoms with Gasteiger partial charge in [0.2, 0.25) is 12.3 Å². The molecular formula is C8H14N4O2. The highest BCUT2D eigenvalue weighted by atomic mass is 16.5. The van der Waals surface area contributed by atoms with Crippen LogP contribution in [0.3, 0.4) is 0 Å². The SMILES string of the molecule is NCCCCC(=O)NCc1ncon1. The zero-order valence-corrected chi connectivity index (χ0v) is 7.90. The van der Waals surface area contributed by atoms with Crippen LogP contribution in [-0.4, -0.2) is 22.6 Å². The van der Waals surface area contributed by atoms with Crippen LogP contribution in [0.25, 0.3) is 0 Å². The highest BCUT2D eigenvalue weighted by molar-refractivity contribution is 5.75. The van der Waals surface area contributed by atoms with E-state index in [4.69, 9.17) is 5.73 Å². The molecule has 3 N–H and O–H groups in total. The van der Waals surface area contributed by atoms with Crippen LogP contribution in [-0.2, 0) is 11.3 Å². The molecule has 1 rings (SSSR count). The maximum atomic E-state index is 11.2. The number of hydrogen-bond donors (Lipinski definition) is 2. The molecule has 0 aliphatic heterocycles. The average Bonchev–Trinajstić information content (AvgIpc) is 2.68. The minimum atomic E-state index is -0.0109. The summed E-state index contributed by atoms with van der Waals surface area (Å²) in [4.78, 5) is 14.9. The van der Waals surface area contributed by atoms with E-state index < -0.39 is 0 Å². The predicted molar refractivity (Wildman–Crippen MR) is 49.1 cm³/mol. The molecular weight excluding hydrogens is 184 g/mol. The van der Waals surface area contributed by atoms with Crippen LogP contribution in [0.5, 0.6) is 0 Å². The summed E-state index contributed by atoms with van der Waals surface area (Å²) in [7, 11) is 0. The van der Waals surface area contributed by atoms with Gasteiger partial charge in [0.25, 0.3) is 0 Å². The van der Waals surface area contributed by atoms with Gasteiger partial charge in [-0.25, -0.2) is 0 Å². The first-order valence-electron chi connectivity index (χ1n) is 4.55. The molecule has 1 aromatic rings. The lowest BCUT2D eigenvalue weighted by Crippen LogP contribution is -2.23. The number of nitrogens with one attached hydrogen (secondary N) is 1. The quantitative estimate of drug-likeness (QED) is 0.618. The average molecular weight is 198 g/mol. The second-order valence-corrected chi connectivity index (χ2v) is 2.87. The van der Waals surface area contributed by atoms with Crippen LogP contribution < -0.4 is 11.1 Å². The molecule has 0 spiro atoms. The molecule has 78 valence electrons. The summed E-state index contributed by atoms with van der Waals surface area (Å²) >= 11 is 0. The molecule has 0 aliphatic carbocycles. The van der Waals surface area contributed by atoms with Gasteiger partial charge in [-0.3, -0.25) is 4.79 Å². The number of amides is 1. The highest BCUT2D eigenvalue weighted by Gasteiger charge is 2.02. The Morgan fingerprint density at radius 2 is 2.43 bits per heavy atom. The summed E-state index contributed by atoms with van der Waals surface area (Å²) in [6.07, 6.45) is 3.41. The Bertz CT molecular complexity index is 260. The molecule has 0 radical (unpaired) electrons. The fourth-order valence-corrected chi connectivity index (χ4v) is 0.966. The zero-order valence-electron chi connectivity index (χ0n) is 7.90. The summed E-state index contributed by atoms with van der Waals surface area (Å²) in [6, 6.07) is 0. The third-order valence-corrected chi connectivity index (χ3v) is 1.71. The number of nitrogens with zero attached hydrogens (tertiary/aromatic N) is 2. The third-order valence-electron chi connectivity index (χ3n) is 1.71. The summed E-state index contributed by atoms with van der Waals surface area (Å²) in [6.45, 7) is 0.941. The number of unbranched alkanes of at least 4 members (excludes halogenated alkanes) is 1. The van der Waals surface area contributed by atoms with Crippen LogP contribution in [0.2, 0.25) is 0 Å². The Hall–Kier alpha value is -1.43. The first-order chi connectivity index (χ1) is 6.83.